The van der Waals surface area contributed by atoms with Crippen molar-refractivity contribution in [3.63, 3.8) is 0 Å². The van der Waals surface area contributed by atoms with Crippen LogP contribution in [-0.2, 0) is 11.3 Å². The Balaban J connectivity index is 2.27. The lowest BCUT2D eigenvalue weighted by molar-refractivity contribution is -0.120. The average molecular weight is 459 g/mol. The highest BCUT2D eigenvalue weighted by atomic mass is 79.9. The number of phenols is 2. The number of phenolic OH excluding ortho intramolecular Hbond substituents is 2. The molecule has 0 saturated carbocycles. The molecule has 0 aliphatic rings. The van der Waals surface area contributed by atoms with Gasteiger partial charge >= 0.3 is 0 Å². The van der Waals surface area contributed by atoms with Crippen LogP contribution in [0.25, 0.3) is 0 Å². The summed E-state index contributed by atoms with van der Waals surface area (Å²) in [4.78, 5) is 13.2. The molecule has 0 aromatic heterocycles. The number of nitrogens with zero attached hydrogens (tertiary/aromatic N) is 1. The highest BCUT2D eigenvalue weighted by Gasteiger charge is 2.18. The van der Waals surface area contributed by atoms with E-state index in [2.05, 4.69) is 31.9 Å². The van der Waals surface area contributed by atoms with Crippen molar-refractivity contribution >= 4 is 38.3 Å². The lowest BCUT2D eigenvalue weighted by Gasteiger charge is -2.26. The molecule has 0 radical (unpaired) electrons. The minimum atomic E-state index is -0.212. The Morgan fingerprint density at radius 1 is 1.17 bits per heavy atom. The average Bonchev–Trinajstić information content (AvgIpc) is 2.57. The first-order chi connectivity index (χ1) is 11.4. The maximum absolute atomic E-state index is 11.6. The number of hydrogen-bond acceptors (Lipinski definition) is 4. The Kier molecular flexibility index (Phi) is 6.12. The second-order valence-electron chi connectivity index (χ2n) is 5.28. The van der Waals surface area contributed by atoms with Crippen LogP contribution in [0.5, 0.6) is 17.2 Å². The number of benzene rings is 2. The Morgan fingerprint density at radius 2 is 1.88 bits per heavy atom. The second-order valence-corrected chi connectivity index (χ2v) is 6.99. The van der Waals surface area contributed by atoms with Gasteiger partial charge in [-0.05, 0) is 58.2 Å². The van der Waals surface area contributed by atoms with Gasteiger partial charge in [-0.2, -0.15) is 0 Å². The van der Waals surface area contributed by atoms with Crippen LogP contribution in [0, 0.1) is 0 Å². The number of carbonyl (C=O) groups is 1. The third-order valence-electron chi connectivity index (χ3n) is 3.79. The highest BCUT2D eigenvalue weighted by Crippen LogP contribution is 2.34. The third kappa shape index (κ3) is 4.02. The lowest BCUT2D eigenvalue weighted by Crippen LogP contribution is -2.25. The van der Waals surface area contributed by atoms with Crippen molar-refractivity contribution in [1.82, 2.24) is 4.90 Å². The third-order valence-corrected chi connectivity index (χ3v) is 5.16. The summed E-state index contributed by atoms with van der Waals surface area (Å²) in [6.45, 7) is 2.20. The van der Waals surface area contributed by atoms with Gasteiger partial charge < -0.3 is 19.8 Å². The molecule has 2 aromatic carbocycles. The molecule has 2 rings (SSSR count). The predicted molar refractivity (Wildman–Crippen MR) is 98.2 cm³/mol. The molecule has 2 N–H and O–H groups in total. The summed E-state index contributed by atoms with van der Waals surface area (Å²) in [5, 5.41) is 19.5. The van der Waals surface area contributed by atoms with Crippen LogP contribution in [0.4, 0.5) is 0 Å². The van der Waals surface area contributed by atoms with E-state index in [4.69, 9.17) is 4.74 Å². The van der Waals surface area contributed by atoms with Crippen molar-refractivity contribution < 1.29 is 19.7 Å². The van der Waals surface area contributed by atoms with Gasteiger partial charge in [-0.15, -0.1) is 0 Å². The van der Waals surface area contributed by atoms with Gasteiger partial charge in [-0.1, -0.05) is 22.0 Å². The Hall–Kier alpha value is -1.73. The van der Waals surface area contributed by atoms with E-state index in [9.17, 15) is 15.0 Å². The number of methoxy groups -OCH3 is 1. The number of amides is 1. The quantitative estimate of drug-likeness (QED) is 0.631. The van der Waals surface area contributed by atoms with Gasteiger partial charge in [0.2, 0.25) is 6.41 Å². The molecular weight excluding hydrogens is 442 g/mol. The van der Waals surface area contributed by atoms with Crippen LogP contribution in [0.3, 0.4) is 0 Å². The smallest absolute Gasteiger partial charge is 0.210 e. The maximum atomic E-state index is 11.6. The standard InChI is InChI=1S/C17H17Br2NO4/c1-10(11-3-4-15(22)14(19)5-11)20(9-21)8-12-6-16(23)17(24-2)7-13(12)18/h3-7,9-10,22-23H,8H2,1-2H3/t10-/m0/s1. The molecule has 7 heteroatoms. The molecule has 0 bridgehead atoms. The molecule has 0 spiro atoms. The summed E-state index contributed by atoms with van der Waals surface area (Å²) in [5.74, 6) is 0.520. The predicted octanol–water partition coefficient (Wildman–Crippen LogP) is 4.35. The van der Waals surface area contributed by atoms with Crippen LogP contribution in [0.2, 0.25) is 0 Å². The summed E-state index contributed by atoms with van der Waals surface area (Å²) in [6.07, 6.45) is 0.763. The van der Waals surface area contributed by atoms with E-state index < -0.39 is 0 Å². The molecule has 1 atom stereocenters. The minimum Gasteiger partial charge on any atom is -0.507 e. The summed E-state index contributed by atoms with van der Waals surface area (Å²) in [5.41, 5.74) is 1.63. The van der Waals surface area contributed by atoms with Crippen LogP contribution in [0.15, 0.2) is 39.3 Å². The van der Waals surface area contributed by atoms with Crippen molar-refractivity contribution in [1.29, 1.82) is 0 Å². The van der Waals surface area contributed by atoms with E-state index in [0.717, 1.165) is 22.0 Å². The van der Waals surface area contributed by atoms with E-state index in [0.29, 0.717) is 16.8 Å². The highest BCUT2D eigenvalue weighted by molar-refractivity contribution is 9.10. The van der Waals surface area contributed by atoms with Crippen LogP contribution >= 0.6 is 31.9 Å². The molecule has 24 heavy (non-hydrogen) atoms. The fourth-order valence-corrected chi connectivity index (χ4v) is 3.15. The molecule has 5 nitrogen and oxygen atoms in total. The molecule has 128 valence electrons. The van der Waals surface area contributed by atoms with Gasteiger partial charge in [0.25, 0.3) is 0 Å². The number of halogens is 2. The minimum absolute atomic E-state index is 0.0154. The van der Waals surface area contributed by atoms with Crippen LogP contribution < -0.4 is 4.74 Å². The second kappa shape index (κ2) is 7.90. The molecule has 0 aliphatic heterocycles. The fourth-order valence-electron chi connectivity index (χ4n) is 2.31. The van der Waals surface area contributed by atoms with E-state index in [1.165, 1.54) is 7.11 Å². The van der Waals surface area contributed by atoms with Gasteiger partial charge in [-0.3, -0.25) is 4.79 Å². The van der Waals surface area contributed by atoms with Crippen molar-refractivity contribution in [3.05, 3.63) is 50.4 Å². The van der Waals surface area contributed by atoms with Gasteiger partial charge in [0, 0.05) is 11.0 Å². The van der Waals surface area contributed by atoms with E-state index >= 15 is 0 Å². The van der Waals surface area contributed by atoms with Crippen molar-refractivity contribution in [2.45, 2.75) is 19.5 Å². The molecule has 0 aliphatic carbocycles. The van der Waals surface area contributed by atoms with Gasteiger partial charge in [-0.25, -0.2) is 0 Å². The zero-order valence-electron chi connectivity index (χ0n) is 13.2. The first-order valence-electron chi connectivity index (χ1n) is 7.12. The summed E-state index contributed by atoms with van der Waals surface area (Å²) in [6, 6.07) is 8.14. The molecule has 1 amide bonds. The number of aromatic hydroxyl groups is 2. The van der Waals surface area contributed by atoms with E-state index in [1.54, 1.807) is 35.2 Å². The van der Waals surface area contributed by atoms with Gasteiger partial charge in [0.05, 0.1) is 17.6 Å². The monoisotopic (exact) mass is 457 g/mol. The summed E-state index contributed by atoms with van der Waals surface area (Å²) >= 11 is 6.71. The first-order valence-corrected chi connectivity index (χ1v) is 8.70. The molecule has 0 unspecified atom stereocenters. The van der Waals surface area contributed by atoms with E-state index in [1.807, 2.05) is 6.92 Å². The van der Waals surface area contributed by atoms with Gasteiger partial charge in [0.15, 0.2) is 11.5 Å². The Bertz CT molecular complexity index is 752. The normalized spacial score (nSPS) is 11.8. The number of ether oxygens (including phenoxy) is 1. The Morgan fingerprint density at radius 3 is 2.46 bits per heavy atom. The number of hydrogen-bond donors (Lipinski definition) is 2. The van der Waals surface area contributed by atoms with Crippen LogP contribution in [-0.4, -0.2) is 28.6 Å². The maximum Gasteiger partial charge on any atom is 0.210 e. The molecule has 0 fully saturated rings. The number of rotatable bonds is 6. The zero-order chi connectivity index (χ0) is 17.9. The summed E-state index contributed by atoms with van der Waals surface area (Å²) < 4.78 is 6.37. The van der Waals surface area contributed by atoms with E-state index in [-0.39, 0.29) is 17.5 Å². The number of carbonyl (C=O) groups excluding carboxylic acids is 1. The van der Waals surface area contributed by atoms with Crippen molar-refractivity contribution in [2.75, 3.05) is 7.11 Å². The Labute approximate surface area is 157 Å². The van der Waals surface area contributed by atoms with Gasteiger partial charge in [0.1, 0.15) is 5.75 Å². The fraction of sp³-hybridized carbons (Fsp3) is 0.235. The molecule has 0 heterocycles. The van der Waals surface area contributed by atoms with Crippen molar-refractivity contribution in [3.8, 4) is 17.2 Å². The largest absolute Gasteiger partial charge is 0.507 e. The van der Waals surface area contributed by atoms with Crippen molar-refractivity contribution in [2.24, 2.45) is 0 Å². The molecule has 0 saturated heterocycles. The zero-order valence-corrected chi connectivity index (χ0v) is 16.3. The lowest BCUT2D eigenvalue weighted by atomic mass is 10.1. The topological polar surface area (TPSA) is 70.0 Å². The molecule has 2 aromatic rings. The molecular formula is C17H17Br2NO4. The van der Waals surface area contributed by atoms with Crippen LogP contribution in [0.1, 0.15) is 24.1 Å². The SMILES string of the molecule is COc1cc(Br)c(CN(C=O)[C@@H](C)c2ccc(O)c(Br)c2)cc1O. The summed E-state index contributed by atoms with van der Waals surface area (Å²) in [7, 11) is 1.48. The first kappa shape index (κ1) is 18.6.